The van der Waals surface area contributed by atoms with Crippen molar-refractivity contribution in [3.05, 3.63) is 0 Å². The fourth-order valence-electron chi connectivity index (χ4n) is 2.15. The van der Waals surface area contributed by atoms with Crippen LogP contribution in [-0.4, -0.2) is 24.6 Å². The first-order valence-electron chi connectivity index (χ1n) is 6.03. The minimum absolute atomic E-state index is 0.528. The molecule has 80 valence electrons. The molecule has 0 fully saturated rings. The molecular weight excluding hydrogens is 175 g/mol. The van der Waals surface area contributed by atoms with Gasteiger partial charge in [-0.1, -0.05) is 13.8 Å². The van der Waals surface area contributed by atoms with Crippen LogP contribution in [0.2, 0.25) is 0 Å². The molecule has 0 amide bonds. The maximum atomic E-state index is 2.41. The fraction of sp³-hybridized carbons (Fsp3) is 1.00. The molecule has 0 rings (SSSR count). The zero-order chi connectivity index (χ0) is 10.3. The third kappa shape index (κ3) is 3.98. The predicted octanol–water partition coefficient (Wildman–Crippen LogP) is 4.50. The van der Waals surface area contributed by atoms with Crippen LogP contribution in [0.5, 0.6) is 0 Å². The summed E-state index contributed by atoms with van der Waals surface area (Å²) >= 11 is 0. The molecule has 0 saturated heterocycles. The molecule has 0 spiro atoms. The Balaban J connectivity index is 4.21. The highest BCUT2D eigenvalue weighted by atomic mass is 31.2. The van der Waals surface area contributed by atoms with Gasteiger partial charge in [0.1, 0.15) is 0 Å². The molecule has 0 aromatic rings. The maximum Gasteiger partial charge on any atom is 0.0622 e. The fourth-order valence-corrected chi connectivity index (χ4v) is 5.88. The summed E-state index contributed by atoms with van der Waals surface area (Å²) in [6.45, 7) is 11.9. The summed E-state index contributed by atoms with van der Waals surface area (Å²) in [5.41, 5.74) is 0. The van der Waals surface area contributed by atoms with Crippen molar-refractivity contribution in [1.82, 2.24) is 0 Å². The summed E-state index contributed by atoms with van der Waals surface area (Å²) in [4.78, 5) is 0. The lowest BCUT2D eigenvalue weighted by Gasteiger charge is -2.27. The van der Waals surface area contributed by atoms with Crippen LogP contribution in [0.1, 0.15) is 47.5 Å². The molecule has 0 radical (unpaired) electrons. The molecular formula is C12H28P+. The molecule has 0 aliphatic heterocycles. The van der Waals surface area contributed by atoms with Gasteiger partial charge in [0.2, 0.25) is 0 Å². The van der Waals surface area contributed by atoms with Crippen LogP contribution >= 0.6 is 7.26 Å². The van der Waals surface area contributed by atoms with E-state index in [2.05, 4.69) is 34.6 Å². The maximum absolute atomic E-state index is 2.41. The molecule has 0 N–H and O–H groups in total. The second kappa shape index (κ2) is 6.82. The van der Waals surface area contributed by atoms with Gasteiger partial charge >= 0.3 is 0 Å². The van der Waals surface area contributed by atoms with E-state index in [1.165, 1.54) is 31.3 Å². The molecule has 0 saturated carbocycles. The Labute approximate surface area is 85.8 Å². The summed E-state index contributed by atoms with van der Waals surface area (Å²) in [6.07, 6.45) is 8.74. The normalized spacial score (nSPS) is 12.5. The average Bonchev–Trinajstić information content (AvgIpc) is 2.21. The van der Waals surface area contributed by atoms with Crippen molar-refractivity contribution < 1.29 is 0 Å². The van der Waals surface area contributed by atoms with Crippen molar-refractivity contribution in [2.24, 2.45) is 5.92 Å². The van der Waals surface area contributed by atoms with Crippen molar-refractivity contribution in [2.75, 3.05) is 24.6 Å². The monoisotopic (exact) mass is 203 g/mol. The topological polar surface area (TPSA) is 0 Å². The van der Waals surface area contributed by atoms with E-state index in [1.807, 2.05) is 0 Å². The van der Waals surface area contributed by atoms with E-state index in [1.54, 1.807) is 6.16 Å². The second-order valence-electron chi connectivity index (χ2n) is 4.16. The van der Waals surface area contributed by atoms with Gasteiger partial charge in [0, 0.05) is 7.26 Å². The highest BCUT2D eigenvalue weighted by Crippen LogP contribution is 2.59. The van der Waals surface area contributed by atoms with Gasteiger partial charge in [0.25, 0.3) is 0 Å². The summed E-state index contributed by atoms with van der Waals surface area (Å²) in [5, 5.41) is 0. The summed E-state index contributed by atoms with van der Waals surface area (Å²) < 4.78 is 0. The highest BCUT2D eigenvalue weighted by Gasteiger charge is 2.33. The molecule has 1 heteroatoms. The van der Waals surface area contributed by atoms with Gasteiger partial charge in [-0.25, -0.2) is 0 Å². The van der Waals surface area contributed by atoms with E-state index in [0.29, 0.717) is 0 Å². The first-order chi connectivity index (χ1) is 6.17. The third-order valence-corrected chi connectivity index (χ3v) is 9.13. The van der Waals surface area contributed by atoms with E-state index in [0.717, 1.165) is 5.92 Å². The molecule has 0 bridgehead atoms. The van der Waals surface area contributed by atoms with Gasteiger partial charge in [0.15, 0.2) is 0 Å². The van der Waals surface area contributed by atoms with E-state index in [4.69, 9.17) is 0 Å². The van der Waals surface area contributed by atoms with Gasteiger partial charge in [-0.15, -0.1) is 0 Å². The van der Waals surface area contributed by atoms with Crippen molar-refractivity contribution in [2.45, 2.75) is 47.5 Å². The van der Waals surface area contributed by atoms with Crippen LogP contribution in [0.15, 0.2) is 0 Å². The second-order valence-corrected chi connectivity index (χ2v) is 9.10. The van der Waals surface area contributed by atoms with Gasteiger partial charge in [-0.05, 0) is 39.5 Å². The van der Waals surface area contributed by atoms with E-state index >= 15 is 0 Å². The first kappa shape index (κ1) is 13.4. The van der Waals surface area contributed by atoms with Crippen LogP contribution in [0.4, 0.5) is 0 Å². The Morgan fingerprint density at radius 2 is 1.15 bits per heavy atom. The van der Waals surface area contributed by atoms with Gasteiger partial charge in [-0.3, -0.25) is 0 Å². The lowest BCUT2D eigenvalue weighted by Crippen LogP contribution is -2.14. The Morgan fingerprint density at radius 1 is 0.769 bits per heavy atom. The smallest absolute Gasteiger partial charge is 0.0622 e. The van der Waals surface area contributed by atoms with Crippen molar-refractivity contribution >= 4 is 7.26 Å². The van der Waals surface area contributed by atoms with E-state index in [-0.39, 0.29) is 0 Å². The van der Waals surface area contributed by atoms with Gasteiger partial charge in [0.05, 0.1) is 24.6 Å². The molecule has 0 unspecified atom stereocenters. The third-order valence-electron chi connectivity index (χ3n) is 3.81. The molecule has 13 heavy (non-hydrogen) atoms. The zero-order valence-electron chi connectivity index (χ0n) is 10.3. The molecule has 0 nitrogen and oxygen atoms in total. The molecule has 0 aromatic heterocycles. The van der Waals surface area contributed by atoms with Crippen LogP contribution < -0.4 is 0 Å². The van der Waals surface area contributed by atoms with E-state index in [9.17, 15) is 0 Å². The van der Waals surface area contributed by atoms with Crippen molar-refractivity contribution in [3.63, 3.8) is 0 Å². The molecule has 0 aromatic carbocycles. The predicted molar refractivity (Wildman–Crippen MR) is 67.5 cm³/mol. The van der Waals surface area contributed by atoms with Crippen LogP contribution in [0.25, 0.3) is 0 Å². The van der Waals surface area contributed by atoms with Crippen molar-refractivity contribution in [1.29, 1.82) is 0 Å². The molecule has 0 heterocycles. The minimum atomic E-state index is -0.528. The Morgan fingerprint density at radius 3 is 1.38 bits per heavy atom. The SMILES string of the molecule is CCC(CC)C[P+](CC)(CC)CC. The van der Waals surface area contributed by atoms with Gasteiger partial charge < -0.3 is 0 Å². The quantitative estimate of drug-likeness (QED) is 0.534. The summed E-state index contributed by atoms with van der Waals surface area (Å²) in [7, 11) is -0.528. The first-order valence-corrected chi connectivity index (χ1v) is 8.56. The molecule has 0 aliphatic rings. The number of rotatable bonds is 7. The molecule has 0 atom stereocenters. The lowest BCUT2D eigenvalue weighted by atomic mass is 10.1. The lowest BCUT2D eigenvalue weighted by molar-refractivity contribution is 0.548. The highest BCUT2D eigenvalue weighted by molar-refractivity contribution is 7.75. The Kier molecular flexibility index (Phi) is 7.05. The number of hydrogen-bond acceptors (Lipinski definition) is 0. The standard InChI is InChI=1S/C12H28P/c1-6-12(7-2)11-13(8-3,9-4)10-5/h12H,6-11H2,1-5H3/q+1. The Bertz CT molecular complexity index is 104. The Hall–Kier alpha value is 0.430. The summed E-state index contributed by atoms with van der Waals surface area (Å²) in [6, 6.07) is 0. The number of hydrogen-bond donors (Lipinski definition) is 0. The summed E-state index contributed by atoms with van der Waals surface area (Å²) in [5.74, 6) is 1.01. The van der Waals surface area contributed by atoms with Crippen LogP contribution in [-0.2, 0) is 0 Å². The average molecular weight is 203 g/mol. The van der Waals surface area contributed by atoms with Crippen molar-refractivity contribution in [3.8, 4) is 0 Å². The van der Waals surface area contributed by atoms with E-state index < -0.39 is 7.26 Å². The van der Waals surface area contributed by atoms with Crippen LogP contribution in [0, 0.1) is 5.92 Å². The largest absolute Gasteiger partial charge is 0.0650 e. The van der Waals surface area contributed by atoms with Crippen LogP contribution in [0.3, 0.4) is 0 Å². The zero-order valence-corrected chi connectivity index (χ0v) is 11.2. The van der Waals surface area contributed by atoms with Gasteiger partial charge in [-0.2, -0.15) is 0 Å². The molecule has 0 aliphatic carbocycles. The minimum Gasteiger partial charge on any atom is -0.0650 e.